The van der Waals surface area contributed by atoms with E-state index in [2.05, 4.69) is 9.68 Å². The van der Waals surface area contributed by atoms with E-state index in [1.165, 1.54) is 6.07 Å². The van der Waals surface area contributed by atoms with E-state index >= 15 is 0 Å². The molecule has 0 atom stereocenters. The van der Waals surface area contributed by atoms with Gasteiger partial charge in [0.25, 0.3) is 0 Å². The van der Waals surface area contributed by atoms with Gasteiger partial charge >= 0.3 is 38.7 Å². The van der Waals surface area contributed by atoms with Crippen molar-refractivity contribution >= 4 is 14.6 Å². The summed E-state index contributed by atoms with van der Waals surface area (Å²) in [7, 11) is -6.08. The maximum absolute atomic E-state index is 13.6. The second-order valence-corrected chi connectivity index (χ2v) is 8.63. The average Bonchev–Trinajstić information content (AvgIpc) is 3.09. The van der Waals surface area contributed by atoms with Crippen LogP contribution in [0.15, 0.2) is 47.6 Å². The number of hydrogen-bond donors (Lipinski definition) is 0. The molecule has 0 heterocycles. The fourth-order valence-electron chi connectivity index (χ4n) is 3.21. The highest BCUT2D eigenvalue weighted by Crippen LogP contribution is 2.53. The van der Waals surface area contributed by atoms with Crippen LogP contribution in [0.2, 0.25) is 0 Å². The minimum atomic E-state index is -7.39. The maximum Gasteiger partial charge on any atom is 0.611 e. The second-order valence-electron chi connectivity index (χ2n) is 7.24. The van der Waals surface area contributed by atoms with Gasteiger partial charge in [0.2, 0.25) is 0 Å². The van der Waals surface area contributed by atoms with Gasteiger partial charge in [0, 0.05) is 5.56 Å². The zero-order chi connectivity index (χ0) is 26.6. The monoisotopic (exact) mass is 539 g/mol. The molecule has 3 rings (SSSR count). The Morgan fingerprint density at radius 2 is 1.34 bits per heavy atom. The Morgan fingerprint density at radius 3 is 1.91 bits per heavy atom. The van der Waals surface area contributed by atoms with Crippen LogP contribution in [0.4, 0.5) is 52.7 Å². The molecule has 0 saturated heterocycles. The molecule has 2 aromatic rings. The van der Waals surface area contributed by atoms with E-state index in [4.69, 9.17) is 0 Å². The van der Waals surface area contributed by atoms with Crippen LogP contribution < -0.4 is 0 Å². The van der Waals surface area contributed by atoms with Crippen LogP contribution in [0.25, 0.3) is 11.1 Å². The number of benzene rings is 2. The second kappa shape index (κ2) is 8.34. The number of hydrogen-bond acceptors (Lipinski definition) is 3. The van der Waals surface area contributed by atoms with Gasteiger partial charge in [-0.15, -0.1) is 0 Å². The zero-order valence-corrected chi connectivity index (χ0v) is 17.5. The summed E-state index contributed by atoms with van der Waals surface area (Å²) in [4.78, 5) is 0. The predicted octanol–water partition coefficient (Wildman–Crippen LogP) is 6.47. The molecule has 0 N–H and O–H groups in total. The van der Waals surface area contributed by atoms with Crippen molar-refractivity contribution in [1.82, 2.24) is 0 Å². The van der Waals surface area contributed by atoms with Crippen LogP contribution in [0.1, 0.15) is 16.7 Å². The van der Waals surface area contributed by atoms with Gasteiger partial charge in [0.1, 0.15) is 0 Å². The molecule has 190 valence electrons. The highest BCUT2D eigenvalue weighted by molar-refractivity contribution is 6.39. The summed E-state index contributed by atoms with van der Waals surface area (Å²) in [5.41, 5.74) is -7.48. The van der Waals surface area contributed by atoms with Crippen molar-refractivity contribution in [3.8, 4) is 11.1 Å². The summed E-state index contributed by atoms with van der Waals surface area (Å²) in [6.07, 6.45) is -12.6. The van der Waals surface area contributed by atoms with E-state index in [9.17, 15) is 57.1 Å². The Balaban J connectivity index is 1.94. The number of nitrogens with zero attached hydrogens (tertiary/aromatic N) is 1. The van der Waals surface area contributed by atoms with Crippen molar-refractivity contribution in [2.24, 2.45) is 5.16 Å². The maximum atomic E-state index is 13.6. The van der Waals surface area contributed by atoms with E-state index in [1.807, 2.05) is 0 Å². The van der Waals surface area contributed by atoms with Crippen molar-refractivity contribution in [3.05, 3.63) is 59.2 Å². The molecule has 0 radical (unpaired) electrons. The van der Waals surface area contributed by atoms with Crippen LogP contribution >= 0.6 is 0 Å². The molecule has 16 heteroatoms. The van der Waals surface area contributed by atoms with E-state index in [0.29, 0.717) is 16.7 Å². The lowest BCUT2D eigenvalue weighted by Gasteiger charge is -2.31. The molecule has 0 aliphatic heterocycles. The predicted molar refractivity (Wildman–Crippen MR) is 95.7 cm³/mol. The number of halogens is 12. The first-order valence-electron chi connectivity index (χ1n) is 9.10. The van der Waals surface area contributed by atoms with Gasteiger partial charge in [-0.2, -0.15) is 52.7 Å². The first-order chi connectivity index (χ1) is 15.8. The molecule has 35 heavy (non-hydrogen) atoms. The van der Waals surface area contributed by atoms with E-state index in [1.54, 1.807) is 24.3 Å². The fourth-order valence-corrected chi connectivity index (χ4v) is 3.91. The SMILES string of the molecule is O=[Si](O/N=C(/c1ccc2c(c1)Cc1ccccc1-2)C(F)(F)F)C(F)(F)C(F)(F)C(F)(F)C(F)(F)F. The molecule has 0 spiro atoms. The van der Waals surface area contributed by atoms with Crippen LogP contribution in [0, 0.1) is 0 Å². The van der Waals surface area contributed by atoms with Crippen LogP contribution in [0.3, 0.4) is 0 Å². The summed E-state index contributed by atoms with van der Waals surface area (Å²) in [6, 6.07) is 9.60. The van der Waals surface area contributed by atoms with Crippen LogP contribution in [-0.2, 0) is 15.4 Å². The van der Waals surface area contributed by atoms with Gasteiger partial charge in [-0.3, -0.25) is 0 Å². The van der Waals surface area contributed by atoms with E-state index in [-0.39, 0.29) is 6.42 Å². The molecule has 0 unspecified atom stereocenters. The lowest BCUT2D eigenvalue weighted by Crippen LogP contribution is -2.64. The Labute approximate surface area is 188 Å². The third-order valence-corrected chi connectivity index (χ3v) is 6.04. The molecule has 1 aliphatic carbocycles. The highest BCUT2D eigenvalue weighted by atomic mass is 28.3. The molecule has 0 aromatic heterocycles. The van der Waals surface area contributed by atoms with Crippen LogP contribution in [0.5, 0.6) is 0 Å². The van der Waals surface area contributed by atoms with Gasteiger partial charge in [-0.25, -0.2) is 0 Å². The van der Waals surface area contributed by atoms with Crippen molar-refractivity contribution in [1.29, 1.82) is 0 Å². The van der Waals surface area contributed by atoms with Crippen molar-refractivity contribution in [2.75, 3.05) is 0 Å². The van der Waals surface area contributed by atoms with Crippen LogP contribution in [-0.4, -0.2) is 44.4 Å². The number of alkyl halides is 12. The molecule has 0 saturated carbocycles. The third kappa shape index (κ3) is 4.43. The largest absolute Gasteiger partial charge is 0.611 e. The Kier molecular flexibility index (Phi) is 6.36. The van der Waals surface area contributed by atoms with Crippen molar-refractivity contribution < 1.29 is 61.7 Å². The minimum absolute atomic E-state index is 0.152. The van der Waals surface area contributed by atoms with E-state index < -0.39 is 49.9 Å². The topological polar surface area (TPSA) is 38.7 Å². The molecular weight excluding hydrogens is 530 g/mol. The van der Waals surface area contributed by atoms with Gasteiger partial charge in [-0.1, -0.05) is 41.6 Å². The molecule has 1 aliphatic rings. The van der Waals surface area contributed by atoms with Crippen molar-refractivity contribution in [2.45, 2.75) is 36.2 Å². The van der Waals surface area contributed by atoms with Crippen molar-refractivity contribution in [3.63, 3.8) is 0 Å². The Hall–Kier alpha value is -2.91. The first kappa shape index (κ1) is 26.7. The molecule has 0 amide bonds. The first-order valence-corrected chi connectivity index (χ1v) is 10.4. The molecule has 3 nitrogen and oxygen atoms in total. The number of fused-ring (bicyclic) bond motifs is 3. The summed E-state index contributed by atoms with van der Waals surface area (Å²) in [5.74, 6) is -14.7. The number of oxime groups is 1. The van der Waals surface area contributed by atoms with Gasteiger partial charge in [-0.05, 0) is 34.7 Å². The summed E-state index contributed by atoms with van der Waals surface area (Å²) < 4.78 is 171. The minimum Gasteiger partial charge on any atom is -0.375 e. The molecule has 0 bridgehead atoms. The summed E-state index contributed by atoms with van der Waals surface area (Å²) >= 11 is 0. The lowest BCUT2D eigenvalue weighted by atomic mass is 10.0. The van der Waals surface area contributed by atoms with Gasteiger partial charge in [0.05, 0.1) is 0 Å². The number of rotatable bonds is 6. The Bertz CT molecular complexity index is 1190. The molecule has 2 aromatic carbocycles. The standard InChI is InChI=1S/C19H9F12NO2Si/c20-15(21,22)14(10-5-6-13-11(8-10)7-9-3-1-2-4-12(9)13)32-34-35(33)19(30,31)17(25,26)16(23,24)18(27,28)29/h1-6,8H,7H2/b32-14-. The molecule has 0 fully saturated rings. The quantitative estimate of drug-likeness (QED) is 0.156. The molecular formula is C19H9F12NO2Si. The van der Waals surface area contributed by atoms with Gasteiger partial charge < -0.3 is 8.99 Å². The average molecular weight is 539 g/mol. The van der Waals surface area contributed by atoms with E-state index in [0.717, 1.165) is 17.7 Å². The smallest absolute Gasteiger partial charge is 0.375 e. The highest BCUT2D eigenvalue weighted by Gasteiger charge is 2.85. The zero-order valence-electron chi connectivity index (χ0n) is 16.5. The summed E-state index contributed by atoms with van der Waals surface area (Å²) in [5, 5.41) is 2.15. The lowest BCUT2D eigenvalue weighted by molar-refractivity contribution is -0.385. The Morgan fingerprint density at radius 1 is 0.771 bits per heavy atom. The summed E-state index contributed by atoms with van der Waals surface area (Å²) in [6.45, 7) is 0. The normalized spacial score (nSPS) is 15.0. The van der Waals surface area contributed by atoms with Gasteiger partial charge in [0.15, 0.2) is 5.71 Å². The third-order valence-electron chi connectivity index (χ3n) is 4.96. The fraction of sp³-hybridized carbons (Fsp3) is 0.316.